The van der Waals surface area contributed by atoms with E-state index in [1.165, 1.54) is 26.7 Å². The van der Waals surface area contributed by atoms with Crippen molar-refractivity contribution in [2.45, 2.75) is 12.8 Å². The van der Waals surface area contributed by atoms with Gasteiger partial charge < -0.3 is 0 Å². The lowest BCUT2D eigenvalue weighted by molar-refractivity contribution is 1.08. The van der Waals surface area contributed by atoms with Gasteiger partial charge in [-0.1, -0.05) is 28.1 Å². The molecule has 0 saturated carbocycles. The van der Waals surface area contributed by atoms with E-state index in [-0.39, 0.29) is 12.4 Å². The van der Waals surface area contributed by atoms with E-state index in [1.54, 1.807) is 0 Å². The summed E-state index contributed by atoms with van der Waals surface area (Å²) in [7, 11) is 0. The molecule has 0 atom stereocenters. The molecule has 1 aliphatic carbocycles. The van der Waals surface area contributed by atoms with Crippen molar-refractivity contribution in [3.05, 3.63) is 63.9 Å². The van der Waals surface area contributed by atoms with Crippen molar-refractivity contribution in [3.63, 3.8) is 0 Å². The zero-order chi connectivity index (χ0) is 11.7. The molecule has 0 amide bonds. The molecular weight excluding hydrogens is 310 g/mol. The van der Waals surface area contributed by atoms with Gasteiger partial charge in [-0.25, -0.2) is 0 Å². The first kappa shape index (κ1) is 13.3. The van der Waals surface area contributed by atoms with Crippen molar-refractivity contribution in [1.82, 2.24) is 4.98 Å². The summed E-state index contributed by atoms with van der Waals surface area (Å²) in [6.07, 6.45) is 8.22. The van der Waals surface area contributed by atoms with Gasteiger partial charge in [0.15, 0.2) is 0 Å². The monoisotopic (exact) mass is 321 g/mol. The van der Waals surface area contributed by atoms with Crippen LogP contribution in [0.1, 0.15) is 23.1 Å². The number of hydrogen-bond donors (Lipinski definition) is 0. The van der Waals surface area contributed by atoms with E-state index in [4.69, 9.17) is 0 Å². The lowest BCUT2D eigenvalue weighted by atomic mass is 10.1. The predicted molar refractivity (Wildman–Crippen MR) is 81.8 cm³/mol. The van der Waals surface area contributed by atoms with Crippen LogP contribution in [0, 0.1) is 0 Å². The molecule has 0 fully saturated rings. The van der Waals surface area contributed by atoms with Crippen LogP contribution < -0.4 is 0 Å². The highest BCUT2D eigenvalue weighted by Crippen LogP contribution is 2.34. The highest BCUT2D eigenvalue weighted by atomic mass is 79.9. The normalized spacial score (nSPS) is 15.3. The number of fused-ring (bicyclic) bond motifs is 1. The first-order valence-corrected chi connectivity index (χ1v) is 6.51. The summed E-state index contributed by atoms with van der Waals surface area (Å²) in [4.78, 5) is 4.14. The van der Waals surface area contributed by atoms with E-state index < -0.39 is 0 Å². The van der Waals surface area contributed by atoms with Gasteiger partial charge in [0.05, 0.1) is 0 Å². The van der Waals surface area contributed by atoms with E-state index in [2.05, 4.69) is 51.3 Å². The zero-order valence-electron chi connectivity index (χ0n) is 9.77. The Kier molecular flexibility index (Phi) is 4.20. The van der Waals surface area contributed by atoms with E-state index >= 15 is 0 Å². The van der Waals surface area contributed by atoms with Gasteiger partial charge in [-0.05, 0) is 59.4 Å². The fraction of sp³-hybridized carbons (Fsp3) is 0.133. The number of rotatable bonds is 1. The maximum atomic E-state index is 4.14. The van der Waals surface area contributed by atoms with Crippen LogP contribution in [0.5, 0.6) is 0 Å². The van der Waals surface area contributed by atoms with Gasteiger partial charge >= 0.3 is 0 Å². The Balaban J connectivity index is 0.00000120. The maximum Gasteiger partial charge on any atom is 0.0340 e. The maximum absolute atomic E-state index is 4.14. The first-order valence-electron chi connectivity index (χ1n) is 5.72. The third-order valence-electron chi connectivity index (χ3n) is 3.10. The van der Waals surface area contributed by atoms with E-state index in [9.17, 15) is 0 Å². The van der Waals surface area contributed by atoms with E-state index in [1.807, 2.05) is 18.5 Å². The molecule has 3 rings (SSSR count). The molecule has 1 aliphatic rings. The Labute approximate surface area is 121 Å². The zero-order valence-corrected chi connectivity index (χ0v) is 12.2. The van der Waals surface area contributed by atoms with Crippen molar-refractivity contribution in [2.75, 3.05) is 0 Å². The minimum absolute atomic E-state index is 0. The summed E-state index contributed by atoms with van der Waals surface area (Å²) in [5.74, 6) is 0. The van der Waals surface area contributed by atoms with Crippen LogP contribution >= 0.6 is 28.3 Å². The van der Waals surface area contributed by atoms with Crippen LogP contribution in [-0.4, -0.2) is 4.98 Å². The number of pyridine rings is 1. The van der Waals surface area contributed by atoms with Crippen LogP contribution in [0.3, 0.4) is 0 Å². The summed E-state index contributed by atoms with van der Waals surface area (Å²) in [6, 6.07) is 10.6. The van der Waals surface area contributed by atoms with Gasteiger partial charge in [-0.3, -0.25) is 4.98 Å². The molecule has 0 radical (unpaired) electrons. The smallest absolute Gasteiger partial charge is 0.0340 e. The Morgan fingerprint density at radius 3 is 2.83 bits per heavy atom. The largest absolute Gasteiger partial charge is 0.264 e. The van der Waals surface area contributed by atoms with Gasteiger partial charge in [0.2, 0.25) is 0 Å². The SMILES string of the molecule is Brc1ccc2c(c1)CC/C2=C\c1cccnc1.Cl. The molecule has 0 spiro atoms. The van der Waals surface area contributed by atoms with Gasteiger partial charge in [0.1, 0.15) is 0 Å². The number of aryl methyl sites for hydroxylation is 1. The molecule has 1 heterocycles. The highest BCUT2D eigenvalue weighted by molar-refractivity contribution is 9.10. The third-order valence-corrected chi connectivity index (χ3v) is 3.60. The fourth-order valence-electron chi connectivity index (χ4n) is 2.30. The third kappa shape index (κ3) is 2.65. The second-order valence-corrected chi connectivity index (χ2v) is 5.17. The van der Waals surface area contributed by atoms with Crippen LogP contribution in [0.15, 0.2) is 47.2 Å². The minimum atomic E-state index is 0. The summed E-state index contributed by atoms with van der Waals surface area (Å²) in [5, 5.41) is 0. The Morgan fingerprint density at radius 2 is 2.06 bits per heavy atom. The van der Waals surface area contributed by atoms with E-state index in [0.717, 1.165) is 12.8 Å². The molecule has 0 aliphatic heterocycles. The molecule has 1 nitrogen and oxygen atoms in total. The lowest BCUT2D eigenvalue weighted by Crippen LogP contribution is -1.81. The Bertz CT molecular complexity index is 578. The van der Waals surface area contributed by atoms with Gasteiger partial charge in [0, 0.05) is 16.9 Å². The molecule has 92 valence electrons. The molecule has 2 aromatic rings. The molecule has 0 N–H and O–H groups in total. The van der Waals surface area contributed by atoms with Gasteiger partial charge in [-0.15, -0.1) is 12.4 Å². The molecule has 18 heavy (non-hydrogen) atoms. The first-order chi connectivity index (χ1) is 8.33. The second kappa shape index (κ2) is 5.68. The second-order valence-electron chi connectivity index (χ2n) is 4.26. The van der Waals surface area contributed by atoms with Gasteiger partial charge in [-0.2, -0.15) is 0 Å². The van der Waals surface area contributed by atoms with Crippen LogP contribution in [-0.2, 0) is 6.42 Å². The molecule has 3 heteroatoms. The van der Waals surface area contributed by atoms with Crippen molar-refractivity contribution in [1.29, 1.82) is 0 Å². The van der Waals surface area contributed by atoms with E-state index in [0.29, 0.717) is 0 Å². The molecule has 0 saturated heterocycles. The molecule has 1 aromatic carbocycles. The topological polar surface area (TPSA) is 12.9 Å². The minimum Gasteiger partial charge on any atom is -0.264 e. The number of allylic oxidation sites excluding steroid dienone is 1. The predicted octanol–water partition coefficient (Wildman–Crippen LogP) is 4.75. The quantitative estimate of drug-likeness (QED) is 0.738. The van der Waals surface area contributed by atoms with Crippen LogP contribution in [0.25, 0.3) is 11.6 Å². The number of halogens is 2. The summed E-state index contributed by atoms with van der Waals surface area (Å²) >= 11 is 3.52. The lowest BCUT2D eigenvalue weighted by Gasteiger charge is -2.01. The van der Waals surface area contributed by atoms with Crippen molar-refractivity contribution >= 4 is 40.0 Å². The number of benzene rings is 1. The number of aromatic nitrogens is 1. The average Bonchev–Trinajstić information content (AvgIpc) is 2.73. The Hall–Kier alpha value is -1.12. The summed E-state index contributed by atoms with van der Waals surface area (Å²) < 4.78 is 1.17. The molecule has 0 bridgehead atoms. The summed E-state index contributed by atoms with van der Waals surface area (Å²) in [6.45, 7) is 0. The Morgan fingerprint density at radius 1 is 1.17 bits per heavy atom. The number of nitrogens with zero attached hydrogens (tertiary/aromatic N) is 1. The average molecular weight is 323 g/mol. The van der Waals surface area contributed by atoms with Crippen molar-refractivity contribution in [2.24, 2.45) is 0 Å². The standard InChI is InChI=1S/C15H12BrN.ClH/c16-14-5-6-15-12(3-4-13(15)9-14)8-11-2-1-7-17-10-11;/h1-2,5-10H,3-4H2;1H/b12-8+;. The molecule has 1 aromatic heterocycles. The molecular formula is C15H13BrClN. The van der Waals surface area contributed by atoms with Gasteiger partial charge in [0.25, 0.3) is 0 Å². The van der Waals surface area contributed by atoms with Crippen LogP contribution in [0.4, 0.5) is 0 Å². The van der Waals surface area contributed by atoms with Crippen LogP contribution in [0.2, 0.25) is 0 Å². The fourth-order valence-corrected chi connectivity index (χ4v) is 2.71. The highest BCUT2D eigenvalue weighted by Gasteiger charge is 2.15. The molecule has 0 unspecified atom stereocenters. The number of hydrogen-bond acceptors (Lipinski definition) is 1. The van der Waals surface area contributed by atoms with Crippen molar-refractivity contribution < 1.29 is 0 Å². The summed E-state index contributed by atoms with van der Waals surface area (Å²) in [5.41, 5.74) is 5.42. The van der Waals surface area contributed by atoms with Crippen molar-refractivity contribution in [3.8, 4) is 0 Å².